The molecule has 0 aromatic carbocycles. The Bertz CT molecular complexity index is 249. The van der Waals surface area contributed by atoms with Crippen LogP contribution in [-0.4, -0.2) is 33.8 Å². The van der Waals surface area contributed by atoms with Gasteiger partial charge in [0.25, 0.3) is 5.92 Å². The molecule has 0 aromatic rings. The van der Waals surface area contributed by atoms with Crippen LogP contribution in [-0.2, 0) is 9.92 Å². The Labute approximate surface area is 64.5 Å². The summed E-state index contributed by atoms with van der Waals surface area (Å²) in [6, 6.07) is 0. The highest BCUT2D eigenvalue weighted by atomic mass is 32.2. The predicted molar refractivity (Wildman–Crippen MR) is 37.9 cm³/mol. The van der Waals surface area contributed by atoms with Crippen LogP contribution >= 0.6 is 0 Å². The van der Waals surface area contributed by atoms with Gasteiger partial charge in [0.2, 0.25) is 0 Å². The number of rotatable bonds is 1. The molecule has 0 radical (unpaired) electrons. The number of halogens is 2. The lowest BCUT2D eigenvalue weighted by Gasteiger charge is -2.14. The van der Waals surface area contributed by atoms with E-state index in [1.165, 1.54) is 0 Å². The van der Waals surface area contributed by atoms with Crippen molar-refractivity contribution in [2.75, 3.05) is 19.3 Å². The molecule has 66 valence electrons. The number of hydrogen-bond acceptors (Lipinski definition) is 2. The van der Waals surface area contributed by atoms with E-state index in [4.69, 9.17) is 4.78 Å². The van der Waals surface area contributed by atoms with Gasteiger partial charge in [-0.05, 0) is 0 Å². The second kappa shape index (κ2) is 2.38. The second-order valence-corrected chi connectivity index (χ2v) is 4.89. The molecule has 0 aromatic heterocycles. The van der Waals surface area contributed by atoms with Crippen molar-refractivity contribution in [2.24, 2.45) is 0 Å². The fraction of sp³-hybridized carbons (Fsp3) is 1.00. The van der Waals surface area contributed by atoms with E-state index in [1.807, 2.05) is 0 Å². The third-order valence-electron chi connectivity index (χ3n) is 1.63. The molecule has 1 heterocycles. The van der Waals surface area contributed by atoms with Crippen LogP contribution in [0.5, 0.6) is 0 Å². The first-order chi connectivity index (χ1) is 4.81. The molecule has 0 bridgehead atoms. The van der Waals surface area contributed by atoms with E-state index in [1.54, 1.807) is 0 Å². The van der Waals surface area contributed by atoms with Crippen molar-refractivity contribution in [1.29, 1.82) is 4.78 Å². The average Bonchev–Trinajstić information content (AvgIpc) is 2.07. The molecule has 6 heteroatoms. The third-order valence-corrected chi connectivity index (χ3v) is 2.92. The van der Waals surface area contributed by atoms with Crippen molar-refractivity contribution in [3.63, 3.8) is 0 Å². The van der Waals surface area contributed by atoms with E-state index in [0.29, 0.717) is 0 Å². The van der Waals surface area contributed by atoms with Crippen molar-refractivity contribution >= 4 is 9.92 Å². The summed E-state index contributed by atoms with van der Waals surface area (Å²) < 4.78 is 43.9. The van der Waals surface area contributed by atoms with Gasteiger partial charge in [0, 0.05) is 19.2 Å². The number of nitrogens with one attached hydrogen (secondary N) is 1. The Morgan fingerprint density at radius 3 is 2.36 bits per heavy atom. The molecule has 0 amide bonds. The highest BCUT2D eigenvalue weighted by Crippen LogP contribution is 2.28. The van der Waals surface area contributed by atoms with Gasteiger partial charge in [0.1, 0.15) is 9.92 Å². The fourth-order valence-corrected chi connectivity index (χ4v) is 1.88. The summed E-state index contributed by atoms with van der Waals surface area (Å²) in [6.45, 7) is -0.475. The Kier molecular flexibility index (Phi) is 1.92. The summed E-state index contributed by atoms with van der Waals surface area (Å²) in [5.41, 5.74) is 0. The molecule has 1 aliphatic heterocycles. The van der Waals surface area contributed by atoms with E-state index in [0.717, 1.165) is 10.6 Å². The molecule has 0 spiro atoms. The highest BCUT2D eigenvalue weighted by molar-refractivity contribution is 7.89. The summed E-state index contributed by atoms with van der Waals surface area (Å²) in [6.07, 6.45) is 0.880. The maximum absolute atomic E-state index is 12.5. The van der Waals surface area contributed by atoms with Gasteiger partial charge < -0.3 is 0 Å². The first kappa shape index (κ1) is 8.86. The summed E-state index contributed by atoms with van der Waals surface area (Å²) in [4.78, 5) is 0. The van der Waals surface area contributed by atoms with Gasteiger partial charge in [-0.3, -0.25) is 0 Å². The van der Waals surface area contributed by atoms with E-state index in [2.05, 4.69) is 0 Å². The van der Waals surface area contributed by atoms with Gasteiger partial charge in [0.15, 0.2) is 0 Å². The number of alkyl halides is 2. The molecule has 1 N–H and O–H groups in total. The predicted octanol–water partition coefficient (Wildman–Crippen LogP) is 0.919. The largest absolute Gasteiger partial charge is 0.262 e. The molecule has 1 unspecified atom stereocenters. The number of nitrogens with zero attached hydrogens (tertiary/aromatic N) is 1. The molecule has 1 rings (SSSR count). The monoisotopic (exact) mass is 184 g/mol. The molecule has 1 saturated heterocycles. The van der Waals surface area contributed by atoms with Crippen molar-refractivity contribution in [3.05, 3.63) is 0 Å². The van der Waals surface area contributed by atoms with Gasteiger partial charge in [0.05, 0.1) is 6.54 Å². The van der Waals surface area contributed by atoms with Crippen LogP contribution in [0.1, 0.15) is 6.42 Å². The lowest BCUT2D eigenvalue weighted by molar-refractivity contribution is 0.0186. The van der Waals surface area contributed by atoms with Gasteiger partial charge in [-0.2, -0.15) is 0 Å². The quantitative estimate of drug-likeness (QED) is 0.647. The maximum Gasteiger partial charge on any atom is 0.262 e. The minimum absolute atomic E-state index is 0.0613. The van der Waals surface area contributed by atoms with Gasteiger partial charge in [-0.1, -0.05) is 0 Å². The highest BCUT2D eigenvalue weighted by Gasteiger charge is 2.40. The van der Waals surface area contributed by atoms with Crippen LogP contribution in [0.2, 0.25) is 0 Å². The van der Waals surface area contributed by atoms with Crippen LogP contribution in [0, 0.1) is 4.78 Å². The van der Waals surface area contributed by atoms with Gasteiger partial charge >= 0.3 is 0 Å². The van der Waals surface area contributed by atoms with E-state index >= 15 is 0 Å². The summed E-state index contributed by atoms with van der Waals surface area (Å²) >= 11 is 0. The maximum atomic E-state index is 12.5. The minimum Gasteiger partial charge on any atom is -0.240 e. The molecular formula is C5H10F2N2OS. The molecule has 11 heavy (non-hydrogen) atoms. The lowest BCUT2D eigenvalue weighted by atomic mass is 10.3. The van der Waals surface area contributed by atoms with Crippen LogP contribution < -0.4 is 0 Å². The van der Waals surface area contributed by atoms with Crippen LogP contribution in [0.4, 0.5) is 8.78 Å². The van der Waals surface area contributed by atoms with E-state index < -0.39 is 22.4 Å². The first-order valence-electron chi connectivity index (χ1n) is 3.18. The SMILES string of the molecule is CS(=N)(=O)N1CCC(F)(F)C1. The first-order valence-corrected chi connectivity index (χ1v) is 5.10. The molecule has 3 nitrogen and oxygen atoms in total. The smallest absolute Gasteiger partial charge is 0.240 e. The Morgan fingerprint density at radius 2 is 2.18 bits per heavy atom. The normalized spacial score (nSPS) is 30.1. The van der Waals surface area contributed by atoms with Crippen molar-refractivity contribution in [1.82, 2.24) is 4.31 Å². The van der Waals surface area contributed by atoms with Gasteiger partial charge in [-0.25, -0.2) is 22.1 Å². The molecule has 1 fully saturated rings. The molecule has 0 aliphatic carbocycles. The van der Waals surface area contributed by atoms with Crippen LogP contribution in [0.25, 0.3) is 0 Å². The molecular weight excluding hydrogens is 174 g/mol. The van der Waals surface area contributed by atoms with Crippen molar-refractivity contribution in [3.8, 4) is 0 Å². The van der Waals surface area contributed by atoms with Crippen molar-refractivity contribution < 1.29 is 13.0 Å². The zero-order valence-electron chi connectivity index (χ0n) is 6.14. The number of hydrogen-bond donors (Lipinski definition) is 1. The summed E-state index contributed by atoms with van der Waals surface area (Å²) in [5, 5.41) is 0. The van der Waals surface area contributed by atoms with E-state index in [9.17, 15) is 13.0 Å². The summed E-state index contributed by atoms with van der Waals surface area (Å²) in [7, 11) is -2.92. The van der Waals surface area contributed by atoms with Crippen molar-refractivity contribution in [2.45, 2.75) is 12.3 Å². The average molecular weight is 184 g/mol. The van der Waals surface area contributed by atoms with Crippen LogP contribution in [0.3, 0.4) is 0 Å². The molecule has 1 aliphatic rings. The Hall–Kier alpha value is -0.230. The zero-order valence-corrected chi connectivity index (χ0v) is 6.96. The third kappa shape index (κ3) is 2.10. The van der Waals surface area contributed by atoms with Gasteiger partial charge in [-0.15, -0.1) is 0 Å². The standard InChI is InChI=1S/C5H10F2N2OS/c1-11(8,10)9-3-2-5(6,7)4-9/h8H,2-4H2,1H3. The molecule has 0 saturated carbocycles. The lowest BCUT2D eigenvalue weighted by Crippen LogP contribution is -2.29. The zero-order chi connectivity index (χ0) is 8.70. The van der Waals surface area contributed by atoms with Crippen LogP contribution in [0.15, 0.2) is 0 Å². The summed E-state index contributed by atoms with van der Waals surface area (Å²) in [5.74, 6) is -2.75. The minimum atomic E-state index is -2.92. The topological polar surface area (TPSA) is 44.2 Å². The Balaban J connectivity index is 2.71. The van der Waals surface area contributed by atoms with E-state index in [-0.39, 0.29) is 13.0 Å². The second-order valence-electron chi connectivity index (χ2n) is 2.77. The fourth-order valence-electron chi connectivity index (χ4n) is 1.00. The Morgan fingerprint density at radius 1 is 1.64 bits per heavy atom. The molecule has 1 atom stereocenters.